The van der Waals surface area contributed by atoms with E-state index in [4.69, 9.17) is 62.3 Å². The fraction of sp³-hybridized carbons (Fsp3) is 0.250. The molecule has 8 nitrogen and oxygen atoms in total. The Labute approximate surface area is 203 Å². The molecule has 2 aromatic rings. The number of hydrogen-bond donors (Lipinski definition) is 1. The summed E-state index contributed by atoms with van der Waals surface area (Å²) in [5.74, 6) is 0.780. The van der Waals surface area contributed by atoms with Crippen molar-refractivity contribution in [2.45, 2.75) is 20.0 Å². The number of ether oxygens (including phenoxy) is 2. The van der Waals surface area contributed by atoms with Gasteiger partial charge in [0.15, 0.2) is 6.29 Å². The Hall–Kier alpha value is -2.41. The van der Waals surface area contributed by atoms with E-state index in [0.717, 1.165) is 0 Å². The zero-order chi connectivity index (χ0) is 24.4. The van der Waals surface area contributed by atoms with Crippen LogP contribution in [0.3, 0.4) is 0 Å². The number of nitrogens with zero attached hydrogens (tertiary/aromatic N) is 2. The lowest BCUT2D eigenvalue weighted by Crippen LogP contribution is -2.09. The van der Waals surface area contributed by atoms with Crippen LogP contribution in [0.5, 0.6) is 0 Å². The minimum absolute atomic E-state index is 0.0103. The zero-order valence-corrected chi connectivity index (χ0v) is 19.7. The van der Waals surface area contributed by atoms with Crippen LogP contribution in [0, 0.1) is 12.3 Å². The van der Waals surface area contributed by atoms with Gasteiger partial charge < -0.3 is 14.6 Å². The lowest BCUT2D eigenvalue weighted by Gasteiger charge is -2.11. The number of halogens is 4. The van der Waals surface area contributed by atoms with Crippen molar-refractivity contribution in [1.29, 1.82) is 0 Å². The molecular weight excluding hydrogens is 506 g/mol. The van der Waals surface area contributed by atoms with Crippen LogP contribution in [0.4, 0.5) is 0 Å². The number of aliphatic hydroxyl groups excluding tert-OH is 1. The van der Waals surface area contributed by atoms with Gasteiger partial charge in [-0.1, -0.05) is 52.3 Å². The van der Waals surface area contributed by atoms with Gasteiger partial charge in [0, 0.05) is 18.0 Å². The number of rotatable bonds is 6. The van der Waals surface area contributed by atoms with E-state index in [0.29, 0.717) is 6.29 Å². The third kappa shape index (κ3) is 6.79. The molecule has 2 rings (SSSR count). The molecule has 0 bridgehead atoms. The predicted octanol–water partition coefficient (Wildman–Crippen LogP) is 4.61. The van der Waals surface area contributed by atoms with Crippen molar-refractivity contribution in [2.24, 2.45) is 0 Å². The molecule has 1 N–H and O–H groups in total. The molecule has 12 heteroatoms. The van der Waals surface area contributed by atoms with Gasteiger partial charge in [0.05, 0.1) is 39.9 Å². The van der Waals surface area contributed by atoms with Crippen molar-refractivity contribution in [3.05, 3.63) is 55.0 Å². The molecule has 0 amide bonds. The highest BCUT2D eigenvalue weighted by Gasteiger charge is 2.22. The molecule has 0 aliphatic rings. The summed E-state index contributed by atoms with van der Waals surface area (Å²) in [5, 5.41) is 9.36. The molecule has 1 atom stereocenters. The number of hydrogen-bond acceptors (Lipinski definition) is 8. The predicted molar refractivity (Wildman–Crippen MR) is 120 cm³/mol. The molecule has 2 heterocycles. The number of esters is 2. The van der Waals surface area contributed by atoms with Crippen molar-refractivity contribution in [1.82, 2.24) is 9.97 Å². The number of pyridine rings is 2. The molecule has 32 heavy (non-hydrogen) atoms. The highest BCUT2D eigenvalue weighted by atomic mass is 35.5. The number of terminal acetylenes is 1. The topological polar surface area (TPSA) is 116 Å². The normalized spacial score (nSPS) is 10.8. The second-order valence-electron chi connectivity index (χ2n) is 5.51. The first kappa shape index (κ1) is 27.6. The Balaban J connectivity index is 0.000000323. The number of carbonyl (C=O) groups is 3. The van der Waals surface area contributed by atoms with Crippen LogP contribution in [0.25, 0.3) is 0 Å². The summed E-state index contributed by atoms with van der Waals surface area (Å²) in [5.41, 5.74) is 0.0671. The summed E-state index contributed by atoms with van der Waals surface area (Å²) in [4.78, 5) is 40.9. The van der Waals surface area contributed by atoms with Crippen LogP contribution in [0.2, 0.25) is 20.4 Å². The van der Waals surface area contributed by atoms with Crippen LogP contribution < -0.4 is 0 Å². The summed E-state index contributed by atoms with van der Waals surface area (Å²) in [7, 11) is 0. The molecule has 1 unspecified atom stereocenters. The lowest BCUT2D eigenvalue weighted by atomic mass is 10.1. The van der Waals surface area contributed by atoms with Crippen molar-refractivity contribution in [3.8, 4) is 12.3 Å². The van der Waals surface area contributed by atoms with Gasteiger partial charge >= 0.3 is 11.9 Å². The van der Waals surface area contributed by atoms with Crippen LogP contribution >= 0.6 is 46.4 Å². The molecule has 0 saturated carbocycles. The Morgan fingerprint density at radius 2 is 1.50 bits per heavy atom. The number of aromatic nitrogens is 2. The molecule has 0 aliphatic heterocycles. The van der Waals surface area contributed by atoms with Gasteiger partial charge in [-0.3, -0.25) is 4.79 Å². The summed E-state index contributed by atoms with van der Waals surface area (Å²) in [6.07, 6.45) is 6.54. The maximum absolute atomic E-state index is 11.5. The molecule has 0 aromatic carbocycles. The van der Waals surface area contributed by atoms with Crippen molar-refractivity contribution in [3.63, 3.8) is 0 Å². The van der Waals surface area contributed by atoms with Crippen molar-refractivity contribution < 1.29 is 29.0 Å². The third-order valence-corrected chi connectivity index (χ3v) is 4.96. The van der Waals surface area contributed by atoms with E-state index >= 15 is 0 Å². The average molecular weight is 522 g/mol. The van der Waals surface area contributed by atoms with Gasteiger partial charge in [-0.2, -0.15) is 0 Å². The second kappa shape index (κ2) is 13.2. The molecular formula is C20H16Cl4N2O6. The molecule has 0 fully saturated rings. The van der Waals surface area contributed by atoms with E-state index in [-0.39, 0.29) is 55.8 Å². The Morgan fingerprint density at radius 3 is 1.94 bits per heavy atom. The van der Waals surface area contributed by atoms with E-state index in [2.05, 4.69) is 15.9 Å². The summed E-state index contributed by atoms with van der Waals surface area (Å²) in [6.45, 7) is 3.74. The van der Waals surface area contributed by atoms with Gasteiger partial charge in [-0.05, 0) is 13.8 Å². The van der Waals surface area contributed by atoms with E-state index in [1.54, 1.807) is 13.8 Å². The lowest BCUT2D eigenvalue weighted by molar-refractivity contribution is 0.0516. The number of aldehydes is 1. The quantitative estimate of drug-likeness (QED) is 0.253. The number of aliphatic hydroxyl groups is 1. The maximum Gasteiger partial charge on any atom is 0.341 e. The second-order valence-corrected chi connectivity index (χ2v) is 6.98. The Bertz CT molecular complexity index is 1060. The first-order valence-corrected chi connectivity index (χ1v) is 10.3. The van der Waals surface area contributed by atoms with Crippen LogP contribution in [-0.2, 0) is 9.47 Å². The first-order chi connectivity index (χ1) is 15.1. The minimum atomic E-state index is -1.32. The van der Waals surface area contributed by atoms with Gasteiger partial charge in [0.2, 0.25) is 0 Å². The third-order valence-electron chi connectivity index (χ3n) is 3.54. The van der Waals surface area contributed by atoms with Gasteiger partial charge in [0.1, 0.15) is 16.4 Å². The number of carbonyl (C=O) groups excluding carboxylic acids is 3. The average Bonchev–Trinajstić information content (AvgIpc) is 2.74. The van der Waals surface area contributed by atoms with Gasteiger partial charge in [-0.15, -0.1) is 6.42 Å². The summed E-state index contributed by atoms with van der Waals surface area (Å²) < 4.78 is 9.50. The SMILES string of the molecule is C#CC(O)c1c(Cl)ncc(C(=O)OCC)c1Cl.CCOC(=O)c1cnc(Cl)c(C=O)c1Cl. The Kier molecular flexibility index (Phi) is 11.4. The molecule has 0 radical (unpaired) electrons. The molecule has 0 spiro atoms. The van der Waals surface area contributed by atoms with Crippen LogP contribution in [0.1, 0.15) is 56.6 Å². The fourth-order valence-corrected chi connectivity index (χ4v) is 3.20. The van der Waals surface area contributed by atoms with Crippen molar-refractivity contribution in [2.75, 3.05) is 13.2 Å². The molecule has 170 valence electrons. The Morgan fingerprint density at radius 1 is 1.03 bits per heavy atom. The van der Waals surface area contributed by atoms with Gasteiger partial charge in [0.25, 0.3) is 0 Å². The standard InChI is InChI=1S/C11H9Cl2NO3.C9H7Cl2NO3/c1-3-7(15)8-9(12)6(5-14-10(8)13)11(16)17-4-2;1-2-15-9(14)5-3-12-8(11)6(4-13)7(5)10/h1,5,7,15H,4H2,2H3;3-4H,2H2,1H3. The highest BCUT2D eigenvalue weighted by molar-refractivity contribution is 6.39. The van der Waals surface area contributed by atoms with Crippen LogP contribution in [0.15, 0.2) is 12.4 Å². The van der Waals surface area contributed by atoms with E-state index < -0.39 is 18.0 Å². The summed E-state index contributed by atoms with van der Waals surface area (Å²) in [6, 6.07) is 0. The summed E-state index contributed by atoms with van der Waals surface area (Å²) >= 11 is 23.1. The van der Waals surface area contributed by atoms with E-state index in [1.807, 2.05) is 0 Å². The molecule has 0 saturated heterocycles. The van der Waals surface area contributed by atoms with Gasteiger partial charge in [-0.25, -0.2) is 19.6 Å². The molecule has 2 aromatic heterocycles. The smallest absolute Gasteiger partial charge is 0.341 e. The van der Waals surface area contributed by atoms with E-state index in [9.17, 15) is 19.5 Å². The first-order valence-electron chi connectivity index (χ1n) is 8.75. The maximum atomic E-state index is 11.5. The zero-order valence-electron chi connectivity index (χ0n) is 16.7. The minimum Gasteiger partial charge on any atom is -0.462 e. The molecule has 0 aliphatic carbocycles. The van der Waals surface area contributed by atoms with E-state index in [1.165, 1.54) is 12.4 Å². The largest absolute Gasteiger partial charge is 0.462 e. The van der Waals surface area contributed by atoms with Crippen LogP contribution in [-0.4, -0.2) is 46.5 Å². The monoisotopic (exact) mass is 520 g/mol. The highest BCUT2D eigenvalue weighted by Crippen LogP contribution is 2.31. The fourth-order valence-electron chi connectivity index (χ4n) is 2.09. The van der Waals surface area contributed by atoms with Crippen molar-refractivity contribution >= 4 is 64.6 Å².